The van der Waals surface area contributed by atoms with Gasteiger partial charge in [0, 0.05) is 4.92 Å². The third-order valence-electron chi connectivity index (χ3n) is 1.81. The molecular formula is C10H11N3O3. The lowest BCUT2D eigenvalue weighted by molar-refractivity contribution is -0.467. The first-order chi connectivity index (χ1) is 7.59. The second kappa shape index (κ2) is 5.59. The molecule has 1 amide bonds. The summed E-state index contributed by atoms with van der Waals surface area (Å²) in [5, 5.41) is 13.8. The topological polar surface area (TPSA) is 84.6 Å². The Balaban J connectivity index is 2.58. The van der Waals surface area contributed by atoms with E-state index in [1.54, 1.807) is 6.92 Å². The van der Waals surface area contributed by atoms with Crippen LogP contribution in [0.4, 0.5) is 0 Å². The lowest BCUT2D eigenvalue weighted by atomic mass is 10.1. The van der Waals surface area contributed by atoms with Gasteiger partial charge < -0.3 is 0 Å². The summed E-state index contributed by atoms with van der Waals surface area (Å²) >= 11 is 0. The molecule has 6 heteroatoms. The Morgan fingerprint density at radius 2 is 2.06 bits per heavy atom. The molecule has 0 aliphatic heterocycles. The molecule has 0 atom stereocenters. The van der Waals surface area contributed by atoms with Crippen LogP contribution < -0.4 is 5.43 Å². The molecule has 0 unspecified atom stereocenters. The second-order valence-corrected chi connectivity index (χ2v) is 3.09. The summed E-state index contributed by atoms with van der Waals surface area (Å²) in [6.07, 6.45) is 0. The van der Waals surface area contributed by atoms with Crippen LogP contribution in [0, 0.1) is 10.1 Å². The number of hydrazone groups is 1. The van der Waals surface area contributed by atoms with Gasteiger partial charge in [-0.25, -0.2) is 5.43 Å². The van der Waals surface area contributed by atoms with Crippen molar-refractivity contribution in [3.63, 3.8) is 0 Å². The molecule has 1 aromatic rings. The summed E-state index contributed by atoms with van der Waals surface area (Å²) in [6.45, 7) is 0.938. The van der Waals surface area contributed by atoms with Gasteiger partial charge in [0.25, 0.3) is 6.54 Å². The molecule has 0 heterocycles. The molecule has 0 saturated heterocycles. The highest BCUT2D eigenvalue weighted by Crippen LogP contribution is 1.99. The molecule has 0 saturated carbocycles. The van der Waals surface area contributed by atoms with Gasteiger partial charge in [0.15, 0.2) is 0 Å². The Morgan fingerprint density at radius 1 is 1.44 bits per heavy atom. The summed E-state index contributed by atoms with van der Waals surface area (Å²) in [5.74, 6) is -0.736. The van der Waals surface area contributed by atoms with Crippen LogP contribution in [0.25, 0.3) is 0 Å². The van der Waals surface area contributed by atoms with Gasteiger partial charge >= 0.3 is 5.91 Å². The fourth-order valence-electron chi connectivity index (χ4n) is 1.04. The molecule has 1 rings (SSSR count). The molecule has 0 aliphatic rings. The van der Waals surface area contributed by atoms with Crippen LogP contribution in [-0.2, 0) is 4.79 Å². The summed E-state index contributed by atoms with van der Waals surface area (Å²) in [4.78, 5) is 20.2. The Kier molecular flexibility index (Phi) is 4.14. The number of carbonyl (C=O) groups is 1. The van der Waals surface area contributed by atoms with Gasteiger partial charge in [0.05, 0.1) is 5.71 Å². The summed E-state index contributed by atoms with van der Waals surface area (Å²) in [5.41, 5.74) is 3.57. The third-order valence-corrected chi connectivity index (χ3v) is 1.81. The SMILES string of the molecule is C/C(=N/NC(=O)C[N+](=O)[O-])c1ccccc1. The van der Waals surface area contributed by atoms with E-state index in [4.69, 9.17) is 0 Å². The highest BCUT2D eigenvalue weighted by atomic mass is 16.6. The van der Waals surface area contributed by atoms with E-state index in [1.807, 2.05) is 30.3 Å². The molecule has 0 aromatic heterocycles. The number of amides is 1. The Bertz CT molecular complexity index is 415. The van der Waals surface area contributed by atoms with E-state index in [-0.39, 0.29) is 0 Å². The molecule has 6 nitrogen and oxygen atoms in total. The van der Waals surface area contributed by atoms with E-state index in [2.05, 4.69) is 10.5 Å². The molecule has 16 heavy (non-hydrogen) atoms. The van der Waals surface area contributed by atoms with Crippen molar-refractivity contribution in [2.75, 3.05) is 6.54 Å². The van der Waals surface area contributed by atoms with Gasteiger partial charge in [-0.1, -0.05) is 30.3 Å². The highest BCUT2D eigenvalue weighted by molar-refractivity contribution is 5.99. The fourth-order valence-corrected chi connectivity index (χ4v) is 1.04. The lowest BCUT2D eigenvalue weighted by Crippen LogP contribution is -2.26. The first-order valence-corrected chi connectivity index (χ1v) is 4.60. The highest BCUT2D eigenvalue weighted by Gasteiger charge is 2.07. The van der Waals surface area contributed by atoms with Crippen LogP contribution in [0.1, 0.15) is 12.5 Å². The Labute approximate surface area is 92.1 Å². The van der Waals surface area contributed by atoms with Crippen molar-refractivity contribution in [2.45, 2.75) is 6.92 Å². The predicted octanol–water partition coefficient (Wildman–Crippen LogP) is 0.804. The number of rotatable bonds is 4. The predicted molar refractivity (Wildman–Crippen MR) is 58.7 cm³/mol. The minimum absolute atomic E-state index is 0.595. The number of hydrogen-bond donors (Lipinski definition) is 1. The van der Waals surface area contributed by atoms with E-state index >= 15 is 0 Å². The van der Waals surface area contributed by atoms with Gasteiger partial charge in [0.2, 0.25) is 0 Å². The minimum Gasteiger partial charge on any atom is -0.265 e. The van der Waals surface area contributed by atoms with E-state index in [1.165, 1.54) is 0 Å². The Morgan fingerprint density at radius 3 is 2.62 bits per heavy atom. The molecule has 0 radical (unpaired) electrons. The van der Waals surface area contributed by atoms with Crippen molar-refractivity contribution in [3.8, 4) is 0 Å². The molecule has 0 fully saturated rings. The van der Waals surface area contributed by atoms with E-state index in [9.17, 15) is 14.9 Å². The minimum atomic E-state index is -0.772. The number of nitrogens with one attached hydrogen (secondary N) is 1. The maximum absolute atomic E-state index is 10.9. The largest absolute Gasteiger partial charge is 0.311 e. The van der Waals surface area contributed by atoms with Crippen LogP contribution in [0.2, 0.25) is 0 Å². The molecule has 1 N–H and O–H groups in total. The fraction of sp³-hybridized carbons (Fsp3) is 0.200. The van der Waals surface area contributed by atoms with Gasteiger partial charge in [-0.05, 0) is 12.5 Å². The van der Waals surface area contributed by atoms with Gasteiger partial charge in [0.1, 0.15) is 0 Å². The first-order valence-electron chi connectivity index (χ1n) is 4.60. The first kappa shape index (κ1) is 11.8. The van der Waals surface area contributed by atoms with Crippen molar-refractivity contribution in [1.82, 2.24) is 5.43 Å². The zero-order valence-electron chi connectivity index (χ0n) is 8.71. The average molecular weight is 221 g/mol. The van der Waals surface area contributed by atoms with Crippen molar-refractivity contribution < 1.29 is 9.72 Å². The third kappa shape index (κ3) is 3.87. The monoisotopic (exact) mass is 221 g/mol. The number of nitrogens with zero attached hydrogens (tertiary/aromatic N) is 2. The number of benzene rings is 1. The zero-order valence-corrected chi connectivity index (χ0v) is 8.71. The van der Waals surface area contributed by atoms with Crippen molar-refractivity contribution >= 4 is 11.6 Å². The standard InChI is InChI=1S/C10H11N3O3/c1-8(9-5-3-2-4-6-9)11-12-10(14)7-13(15)16/h2-6H,7H2,1H3,(H,12,14)/b11-8-. The maximum atomic E-state index is 10.9. The van der Waals surface area contributed by atoms with Gasteiger partial charge in [-0.15, -0.1) is 0 Å². The molecular weight excluding hydrogens is 210 g/mol. The van der Waals surface area contributed by atoms with Crippen LogP contribution in [0.3, 0.4) is 0 Å². The van der Waals surface area contributed by atoms with Gasteiger partial charge in [-0.2, -0.15) is 5.10 Å². The van der Waals surface area contributed by atoms with Gasteiger partial charge in [-0.3, -0.25) is 14.9 Å². The molecule has 0 aliphatic carbocycles. The van der Waals surface area contributed by atoms with Crippen molar-refractivity contribution in [3.05, 3.63) is 46.0 Å². The smallest absolute Gasteiger partial charge is 0.265 e. The number of hydrogen-bond acceptors (Lipinski definition) is 4. The summed E-state index contributed by atoms with van der Waals surface area (Å²) < 4.78 is 0. The van der Waals surface area contributed by atoms with Crippen LogP contribution in [0.15, 0.2) is 35.4 Å². The Hall–Kier alpha value is -2.24. The van der Waals surface area contributed by atoms with E-state index in [0.717, 1.165) is 5.56 Å². The van der Waals surface area contributed by atoms with Crippen molar-refractivity contribution in [2.24, 2.45) is 5.10 Å². The summed E-state index contributed by atoms with van der Waals surface area (Å²) in [6, 6.07) is 9.21. The van der Waals surface area contributed by atoms with E-state index < -0.39 is 17.4 Å². The normalized spacial score (nSPS) is 10.9. The van der Waals surface area contributed by atoms with Crippen LogP contribution >= 0.6 is 0 Å². The van der Waals surface area contributed by atoms with Crippen LogP contribution in [-0.4, -0.2) is 23.1 Å². The molecule has 0 bridgehead atoms. The molecule has 0 spiro atoms. The van der Waals surface area contributed by atoms with Crippen molar-refractivity contribution in [1.29, 1.82) is 0 Å². The second-order valence-electron chi connectivity index (χ2n) is 3.09. The summed E-state index contributed by atoms with van der Waals surface area (Å²) in [7, 11) is 0. The maximum Gasteiger partial charge on any atom is 0.311 e. The lowest BCUT2D eigenvalue weighted by Gasteiger charge is -2.00. The number of carbonyl (C=O) groups excluding carboxylic acids is 1. The average Bonchev–Trinajstić information content (AvgIpc) is 2.26. The number of nitro groups is 1. The quantitative estimate of drug-likeness (QED) is 0.463. The molecule has 84 valence electrons. The van der Waals surface area contributed by atoms with E-state index in [0.29, 0.717) is 5.71 Å². The van der Waals surface area contributed by atoms with Crippen LogP contribution in [0.5, 0.6) is 0 Å². The zero-order chi connectivity index (χ0) is 12.0. The molecule has 1 aromatic carbocycles.